The van der Waals surface area contributed by atoms with Crippen molar-refractivity contribution >= 4 is 5.97 Å². The molecule has 0 aliphatic heterocycles. The normalized spacial score (nSPS) is 9.25. The molecule has 0 aromatic heterocycles. The molecule has 0 unspecified atom stereocenters. The van der Waals surface area contributed by atoms with Crippen molar-refractivity contribution in [2.24, 2.45) is 0 Å². The Kier molecular flexibility index (Phi) is 10.9. The third-order valence-electron chi connectivity index (χ3n) is 2.28. The van der Waals surface area contributed by atoms with E-state index in [9.17, 15) is 4.79 Å². The van der Waals surface area contributed by atoms with Gasteiger partial charge in [-0.3, -0.25) is 4.79 Å². The van der Waals surface area contributed by atoms with E-state index in [-0.39, 0.29) is 0 Å². The lowest BCUT2D eigenvalue weighted by Gasteiger charge is -1.95. The van der Waals surface area contributed by atoms with Crippen LogP contribution in [0.15, 0.2) is 12.7 Å². The fourth-order valence-corrected chi connectivity index (χ4v) is 1.35. The first kappa shape index (κ1) is 14.8. The van der Waals surface area contributed by atoms with Crippen LogP contribution in [-0.4, -0.2) is 11.1 Å². The van der Waals surface area contributed by atoms with Gasteiger partial charge in [-0.1, -0.05) is 18.9 Å². The number of hydrogen-bond donors (Lipinski definition) is 1. The first-order chi connectivity index (χ1) is 7.77. The minimum atomic E-state index is -0.693. The van der Waals surface area contributed by atoms with Crippen LogP contribution in [0.4, 0.5) is 0 Å². The first-order valence-corrected chi connectivity index (χ1v) is 6.05. The summed E-state index contributed by atoms with van der Waals surface area (Å²) in [6.07, 6.45) is 10.3. The van der Waals surface area contributed by atoms with Crippen LogP contribution in [0, 0.1) is 11.8 Å². The Balaban J connectivity index is 3.13. The van der Waals surface area contributed by atoms with Crippen molar-refractivity contribution in [2.45, 2.75) is 57.8 Å². The smallest absolute Gasteiger partial charge is 0.303 e. The molecule has 0 heterocycles. The Labute approximate surface area is 98.7 Å². The molecule has 16 heavy (non-hydrogen) atoms. The van der Waals surface area contributed by atoms with E-state index in [1.807, 2.05) is 6.08 Å². The van der Waals surface area contributed by atoms with Gasteiger partial charge in [-0.05, 0) is 25.7 Å². The molecule has 0 spiro atoms. The maximum Gasteiger partial charge on any atom is 0.303 e. The summed E-state index contributed by atoms with van der Waals surface area (Å²) in [6.45, 7) is 3.66. The highest BCUT2D eigenvalue weighted by Gasteiger charge is 1.95. The summed E-state index contributed by atoms with van der Waals surface area (Å²) in [4.78, 5) is 10.2. The summed E-state index contributed by atoms with van der Waals surface area (Å²) in [6, 6.07) is 0. The van der Waals surface area contributed by atoms with E-state index in [2.05, 4.69) is 18.4 Å². The van der Waals surface area contributed by atoms with Crippen molar-refractivity contribution in [2.75, 3.05) is 0 Å². The maximum atomic E-state index is 10.2. The molecular weight excluding hydrogens is 200 g/mol. The number of carboxylic acid groups (broad SMARTS) is 1. The lowest BCUT2D eigenvalue weighted by atomic mass is 10.1. The van der Waals surface area contributed by atoms with Gasteiger partial charge < -0.3 is 5.11 Å². The van der Waals surface area contributed by atoms with E-state index in [1.165, 1.54) is 0 Å². The summed E-state index contributed by atoms with van der Waals surface area (Å²) in [5.41, 5.74) is 0. The van der Waals surface area contributed by atoms with E-state index in [4.69, 9.17) is 5.11 Å². The first-order valence-electron chi connectivity index (χ1n) is 6.05. The van der Waals surface area contributed by atoms with Crippen molar-refractivity contribution in [1.82, 2.24) is 0 Å². The molecule has 0 radical (unpaired) electrons. The second-order valence-corrected chi connectivity index (χ2v) is 3.84. The van der Waals surface area contributed by atoms with Crippen molar-refractivity contribution in [3.63, 3.8) is 0 Å². The molecule has 0 bridgehead atoms. The van der Waals surface area contributed by atoms with Crippen LogP contribution in [0.3, 0.4) is 0 Å². The highest BCUT2D eigenvalue weighted by Crippen LogP contribution is 2.04. The fourth-order valence-electron chi connectivity index (χ4n) is 1.35. The Hall–Kier alpha value is -1.23. The van der Waals surface area contributed by atoms with Gasteiger partial charge in [-0.15, -0.1) is 18.4 Å². The van der Waals surface area contributed by atoms with Gasteiger partial charge in [0.15, 0.2) is 0 Å². The quantitative estimate of drug-likeness (QED) is 0.366. The van der Waals surface area contributed by atoms with E-state index in [0.717, 1.165) is 51.4 Å². The molecule has 90 valence electrons. The zero-order chi connectivity index (χ0) is 12.1. The SMILES string of the molecule is C=CCCCC#CCCCCCCC(=O)O. The average molecular weight is 222 g/mol. The number of rotatable bonds is 9. The number of aliphatic carboxylic acids is 1. The zero-order valence-electron chi connectivity index (χ0n) is 10.0. The van der Waals surface area contributed by atoms with Crippen LogP contribution in [0.1, 0.15) is 57.8 Å². The highest BCUT2D eigenvalue weighted by atomic mass is 16.4. The van der Waals surface area contributed by atoms with E-state index in [1.54, 1.807) is 0 Å². The van der Waals surface area contributed by atoms with Crippen molar-refractivity contribution in [3.05, 3.63) is 12.7 Å². The van der Waals surface area contributed by atoms with Crippen LogP contribution >= 0.6 is 0 Å². The molecule has 0 atom stereocenters. The average Bonchev–Trinajstić information content (AvgIpc) is 2.25. The number of carboxylic acids is 1. The Morgan fingerprint density at radius 3 is 2.31 bits per heavy atom. The molecule has 0 amide bonds. The van der Waals surface area contributed by atoms with Crippen molar-refractivity contribution < 1.29 is 9.90 Å². The number of carbonyl (C=O) groups is 1. The van der Waals surface area contributed by atoms with Crippen molar-refractivity contribution in [1.29, 1.82) is 0 Å². The summed E-state index contributed by atoms with van der Waals surface area (Å²) in [7, 11) is 0. The molecule has 0 rings (SSSR count). The summed E-state index contributed by atoms with van der Waals surface area (Å²) < 4.78 is 0. The van der Waals surface area contributed by atoms with Gasteiger partial charge in [0.2, 0.25) is 0 Å². The largest absolute Gasteiger partial charge is 0.481 e. The second-order valence-electron chi connectivity index (χ2n) is 3.84. The van der Waals surface area contributed by atoms with E-state index < -0.39 is 5.97 Å². The summed E-state index contributed by atoms with van der Waals surface area (Å²) in [5.74, 6) is 5.59. The Morgan fingerprint density at radius 1 is 1.06 bits per heavy atom. The third-order valence-corrected chi connectivity index (χ3v) is 2.28. The predicted molar refractivity (Wildman–Crippen MR) is 67.2 cm³/mol. The minimum Gasteiger partial charge on any atom is -0.481 e. The molecule has 0 saturated heterocycles. The van der Waals surface area contributed by atoms with Gasteiger partial charge in [0.1, 0.15) is 0 Å². The standard InChI is InChI=1S/C14H22O2/c1-2-3-4-5-6-7-8-9-10-11-12-13-14(15)16/h2H,1,3-5,8-13H2,(H,15,16). The highest BCUT2D eigenvalue weighted by molar-refractivity contribution is 5.66. The molecule has 0 saturated carbocycles. The summed E-state index contributed by atoms with van der Waals surface area (Å²) in [5, 5.41) is 8.43. The van der Waals surface area contributed by atoms with Crippen LogP contribution in [0.25, 0.3) is 0 Å². The van der Waals surface area contributed by atoms with Crippen molar-refractivity contribution in [3.8, 4) is 11.8 Å². The maximum absolute atomic E-state index is 10.2. The van der Waals surface area contributed by atoms with Crippen LogP contribution in [-0.2, 0) is 4.79 Å². The van der Waals surface area contributed by atoms with Gasteiger partial charge in [0.05, 0.1) is 0 Å². The molecule has 2 heteroatoms. The zero-order valence-corrected chi connectivity index (χ0v) is 10.0. The Bertz CT molecular complexity index is 245. The molecule has 0 fully saturated rings. The van der Waals surface area contributed by atoms with E-state index in [0.29, 0.717) is 6.42 Å². The number of hydrogen-bond acceptors (Lipinski definition) is 1. The molecule has 0 aromatic carbocycles. The lowest BCUT2D eigenvalue weighted by molar-refractivity contribution is -0.137. The minimum absolute atomic E-state index is 0.299. The van der Waals surface area contributed by atoms with Gasteiger partial charge >= 0.3 is 5.97 Å². The fraction of sp³-hybridized carbons (Fsp3) is 0.643. The topological polar surface area (TPSA) is 37.3 Å². The lowest BCUT2D eigenvalue weighted by Crippen LogP contribution is -1.93. The van der Waals surface area contributed by atoms with Crippen LogP contribution in [0.2, 0.25) is 0 Å². The molecular formula is C14H22O2. The van der Waals surface area contributed by atoms with Gasteiger partial charge in [-0.2, -0.15) is 0 Å². The third kappa shape index (κ3) is 12.8. The molecule has 2 nitrogen and oxygen atoms in total. The van der Waals surface area contributed by atoms with Crippen LogP contribution in [0.5, 0.6) is 0 Å². The second kappa shape index (κ2) is 11.8. The monoisotopic (exact) mass is 222 g/mol. The number of allylic oxidation sites excluding steroid dienone is 1. The van der Waals surface area contributed by atoms with Gasteiger partial charge in [-0.25, -0.2) is 0 Å². The number of unbranched alkanes of at least 4 members (excludes halogenated alkanes) is 6. The molecule has 1 N–H and O–H groups in total. The predicted octanol–water partition coefficient (Wildman–Crippen LogP) is 3.77. The summed E-state index contributed by atoms with van der Waals surface area (Å²) >= 11 is 0. The van der Waals surface area contributed by atoms with Gasteiger partial charge in [0, 0.05) is 19.3 Å². The Morgan fingerprint density at radius 2 is 1.69 bits per heavy atom. The van der Waals surface area contributed by atoms with Gasteiger partial charge in [0.25, 0.3) is 0 Å². The van der Waals surface area contributed by atoms with E-state index >= 15 is 0 Å². The molecule has 0 aliphatic carbocycles. The van der Waals surface area contributed by atoms with Crippen LogP contribution < -0.4 is 0 Å². The molecule has 0 aromatic rings. The molecule has 0 aliphatic rings.